The van der Waals surface area contributed by atoms with E-state index >= 15 is 0 Å². The van der Waals surface area contributed by atoms with Gasteiger partial charge < -0.3 is 9.84 Å². The average Bonchev–Trinajstić information content (AvgIpc) is 3.07. The molecule has 0 saturated heterocycles. The fourth-order valence-corrected chi connectivity index (χ4v) is 3.07. The summed E-state index contributed by atoms with van der Waals surface area (Å²) >= 11 is 0. The van der Waals surface area contributed by atoms with Crippen LogP contribution in [-0.2, 0) is 20.6 Å². The second kappa shape index (κ2) is 5.44. The third kappa shape index (κ3) is 2.37. The lowest BCUT2D eigenvalue weighted by molar-refractivity contribution is 0.442. The molecule has 0 radical (unpaired) electrons. The number of imidazole rings is 1. The quantitative estimate of drug-likeness (QED) is 0.615. The lowest BCUT2D eigenvalue weighted by atomic mass is 10.2. The van der Waals surface area contributed by atoms with Gasteiger partial charge in [-0.2, -0.15) is 4.98 Å². The molecule has 0 aliphatic rings. The topological polar surface area (TPSA) is 90.8 Å². The van der Waals surface area contributed by atoms with Crippen LogP contribution in [0.5, 0.6) is 0 Å². The van der Waals surface area contributed by atoms with Gasteiger partial charge in [0.1, 0.15) is 17.0 Å². The van der Waals surface area contributed by atoms with Crippen LogP contribution in [0.25, 0.3) is 22.1 Å². The first-order valence-electron chi connectivity index (χ1n) is 7.94. The van der Waals surface area contributed by atoms with Gasteiger partial charge in [-0.1, -0.05) is 11.2 Å². The Balaban J connectivity index is 1.70. The molecular weight excluding hydrogens is 320 g/mol. The first-order chi connectivity index (χ1) is 12.0. The third-order valence-electron chi connectivity index (χ3n) is 4.41. The number of hydrogen-bond acceptors (Lipinski definition) is 6. The molecule has 0 aliphatic carbocycles. The van der Waals surface area contributed by atoms with Crippen LogP contribution in [0.3, 0.4) is 0 Å². The van der Waals surface area contributed by atoms with Gasteiger partial charge in [0.15, 0.2) is 0 Å². The van der Waals surface area contributed by atoms with E-state index in [0.29, 0.717) is 23.9 Å². The van der Waals surface area contributed by atoms with Crippen LogP contribution in [0.15, 0.2) is 27.5 Å². The van der Waals surface area contributed by atoms with Crippen molar-refractivity contribution in [3.63, 3.8) is 0 Å². The molecule has 0 saturated carbocycles. The summed E-state index contributed by atoms with van der Waals surface area (Å²) in [6.45, 7) is 4.24. The Labute approximate surface area is 143 Å². The molecule has 0 unspecified atom stereocenters. The summed E-state index contributed by atoms with van der Waals surface area (Å²) in [5.74, 6) is 1.32. The molecule has 0 aliphatic heterocycles. The van der Waals surface area contributed by atoms with Crippen molar-refractivity contribution in [2.45, 2.75) is 20.4 Å². The second-order valence-corrected chi connectivity index (χ2v) is 6.14. The van der Waals surface area contributed by atoms with Gasteiger partial charge in [0.05, 0.1) is 16.7 Å². The molecule has 3 heterocycles. The van der Waals surface area contributed by atoms with Crippen molar-refractivity contribution < 1.29 is 4.52 Å². The fourth-order valence-electron chi connectivity index (χ4n) is 3.07. The second-order valence-electron chi connectivity index (χ2n) is 6.14. The summed E-state index contributed by atoms with van der Waals surface area (Å²) in [5, 5.41) is 8.08. The molecule has 8 heteroatoms. The lowest BCUT2D eigenvalue weighted by Crippen LogP contribution is -2.19. The van der Waals surface area contributed by atoms with Crippen LogP contribution in [0.4, 0.5) is 5.82 Å². The van der Waals surface area contributed by atoms with E-state index in [1.54, 1.807) is 23.2 Å². The van der Waals surface area contributed by atoms with Gasteiger partial charge in [0.25, 0.3) is 5.71 Å². The van der Waals surface area contributed by atoms with Crippen molar-refractivity contribution in [3.05, 3.63) is 45.8 Å². The van der Waals surface area contributed by atoms with E-state index in [0.717, 1.165) is 27.7 Å². The van der Waals surface area contributed by atoms with Crippen LogP contribution < -0.4 is 11.0 Å². The molecule has 1 N–H and O–H groups in total. The number of aryl methyl sites for hydroxylation is 4. The van der Waals surface area contributed by atoms with Crippen LogP contribution in [-0.4, -0.2) is 24.3 Å². The van der Waals surface area contributed by atoms with E-state index in [-0.39, 0.29) is 5.69 Å². The Hall–Kier alpha value is -3.16. The predicted octanol–water partition coefficient (Wildman–Crippen LogP) is 2.04. The largest absolute Gasteiger partial charge is 0.365 e. The number of aromatic nitrogens is 5. The SMILES string of the molecule is Cc1nc(NCc2ccc3c(c2)n(C)c(=O)n3C)c2c(C)noc2n1. The van der Waals surface area contributed by atoms with Gasteiger partial charge in [0.2, 0.25) is 0 Å². The summed E-state index contributed by atoms with van der Waals surface area (Å²) < 4.78 is 8.52. The maximum atomic E-state index is 12.0. The summed E-state index contributed by atoms with van der Waals surface area (Å²) in [5.41, 5.74) is 4.05. The van der Waals surface area contributed by atoms with Crippen LogP contribution in [0, 0.1) is 13.8 Å². The first kappa shape index (κ1) is 15.4. The molecule has 8 nitrogen and oxygen atoms in total. The minimum atomic E-state index is -0.0339. The summed E-state index contributed by atoms with van der Waals surface area (Å²) in [4.78, 5) is 20.8. The summed E-state index contributed by atoms with van der Waals surface area (Å²) in [6, 6.07) is 5.97. The van der Waals surface area contributed by atoms with Crippen LogP contribution in [0.2, 0.25) is 0 Å². The fraction of sp³-hybridized carbons (Fsp3) is 0.294. The van der Waals surface area contributed by atoms with Crippen LogP contribution >= 0.6 is 0 Å². The first-order valence-corrected chi connectivity index (χ1v) is 7.94. The maximum absolute atomic E-state index is 12.0. The third-order valence-corrected chi connectivity index (χ3v) is 4.41. The van der Waals surface area contributed by atoms with E-state index in [2.05, 4.69) is 20.4 Å². The molecule has 0 atom stereocenters. The molecule has 4 aromatic rings. The molecule has 0 spiro atoms. The Kier molecular flexibility index (Phi) is 3.34. The van der Waals surface area contributed by atoms with Crippen molar-refractivity contribution in [2.75, 3.05) is 5.32 Å². The van der Waals surface area contributed by atoms with Crippen molar-refractivity contribution in [1.82, 2.24) is 24.3 Å². The molecule has 25 heavy (non-hydrogen) atoms. The summed E-state index contributed by atoms with van der Waals surface area (Å²) in [6.07, 6.45) is 0. The number of nitrogens with one attached hydrogen (secondary N) is 1. The van der Waals surface area contributed by atoms with E-state index in [1.165, 1.54) is 0 Å². The molecule has 0 fully saturated rings. The highest BCUT2D eigenvalue weighted by atomic mass is 16.5. The van der Waals surface area contributed by atoms with E-state index < -0.39 is 0 Å². The molecule has 1 aromatic carbocycles. The average molecular weight is 338 g/mol. The smallest absolute Gasteiger partial charge is 0.328 e. The Morgan fingerprint density at radius 3 is 2.68 bits per heavy atom. The van der Waals surface area contributed by atoms with Gasteiger partial charge in [-0.05, 0) is 31.5 Å². The minimum Gasteiger partial charge on any atom is -0.365 e. The number of benzene rings is 1. The van der Waals surface area contributed by atoms with Gasteiger partial charge in [-0.25, -0.2) is 9.78 Å². The van der Waals surface area contributed by atoms with Gasteiger partial charge in [-0.3, -0.25) is 9.13 Å². The number of anilines is 1. The highest BCUT2D eigenvalue weighted by molar-refractivity contribution is 5.87. The number of fused-ring (bicyclic) bond motifs is 2. The zero-order chi connectivity index (χ0) is 17.7. The monoisotopic (exact) mass is 338 g/mol. The van der Waals surface area contributed by atoms with Crippen LogP contribution in [0.1, 0.15) is 17.1 Å². The Morgan fingerprint density at radius 1 is 1.12 bits per heavy atom. The molecule has 3 aromatic heterocycles. The molecule has 128 valence electrons. The minimum absolute atomic E-state index is 0.0339. The van der Waals surface area contributed by atoms with Crippen molar-refractivity contribution >= 4 is 28.0 Å². The number of hydrogen-bond donors (Lipinski definition) is 1. The number of nitrogens with zero attached hydrogens (tertiary/aromatic N) is 5. The Bertz CT molecular complexity index is 1170. The molecule has 4 rings (SSSR count). The van der Waals surface area contributed by atoms with Gasteiger partial charge in [0, 0.05) is 20.6 Å². The highest BCUT2D eigenvalue weighted by Crippen LogP contribution is 2.24. The number of rotatable bonds is 3. The standard InChI is InChI=1S/C17H18N6O2/c1-9-14-15(19-10(2)20-16(14)25-21-9)18-8-11-5-6-12-13(7-11)23(4)17(24)22(12)3/h5-7H,8H2,1-4H3,(H,18,19,20). The van der Waals surface area contributed by atoms with Gasteiger partial charge >= 0.3 is 5.69 Å². The molecular formula is C17H18N6O2. The zero-order valence-corrected chi connectivity index (χ0v) is 14.5. The van der Waals surface area contributed by atoms with Crippen molar-refractivity contribution in [2.24, 2.45) is 14.1 Å². The molecule has 0 bridgehead atoms. The van der Waals surface area contributed by atoms with E-state index in [9.17, 15) is 4.79 Å². The normalized spacial score (nSPS) is 11.5. The lowest BCUT2D eigenvalue weighted by Gasteiger charge is -2.08. The maximum Gasteiger partial charge on any atom is 0.328 e. The van der Waals surface area contributed by atoms with Crippen molar-refractivity contribution in [3.8, 4) is 0 Å². The van der Waals surface area contributed by atoms with Gasteiger partial charge in [-0.15, -0.1) is 0 Å². The predicted molar refractivity (Wildman–Crippen MR) is 94.6 cm³/mol. The zero-order valence-electron chi connectivity index (χ0n) is 14.5. The highest BCUT2D eigenvalue weighted by Gasteiger charge is 2.14. The van der Waals surface area contributed by atoms with E-state index in [1.807, 2.05) is 32.0 Å². The van der Waals surface area contributed by atoms with E-state index in [4.69, 9.17) is 4.52 Å². The Morgan fingerprint density at radius 2 is 1.88 bits per heavy atom. The molecule has 0 amide bonds. The van der Waals surface area contributed by atoms with Crippen molar-refractivity contribution in [1.29, 1.82) is 0 Å². The summed E-state index contributed by atoms with van der Waals surface area (Å²) in [7, 11) is 3.55.